The van der Waals surface area contributed by atoms with E-state index in [0.29, 0.717) is 13.1 Å². The van der Waals surface area contributed by atoms with Crippen molar-refractivity contribution in [3.63, 3.8) is 0 Å². The Bertz CT molecular complexity index is 411. The summed E-state index contributed by atoms with van der Waals surface area (Å²) in [6.45, 7) is 7.58. The fourth-order valence-corrected chi connectivity index (χ4v) is 2.71. The predicted octanol–water partition coefficient (Wildman–Crippen LogP) is -0.849. The second-order valence-corrected chi connectivity index (χ2v) is 7.18. The molecule has 0 saturated carbocycles. The fourth-order valence-electron chi connectivity index (χ4n) is 1.91. The molecule has 1 aliphatic heterocycles. The van der Waals surface area contributed by atoms with Crippen molar-refractivity contribution >= 4 is 15.9 Å². The molecule has 2 N–H and O–H groups in total. The highest BCUT2D eigenvalue weighted by Gasteiger charge is 2.21. The molecule has 1 heterocycles. The van der Waals surface area contributed by atoms with Crippen LogP contribution < -0.4 is 10.0 Å². The van der Waals surface area contributed by atoms with Crippen LogP contribution in [0.25, 0.3) is 0 Å². The largest absolute Gasteiger partial charge is 0.378 e. The molecule has 0 aromatic carbocycles. The summed E-state index contributed by atoms with van der Waals surface area (Å²) in [7, 11) is -3.46. The van der Waals surface area contributed by atoms with Gasteiger partial charge in [0.2, 0.25) is 15.9 Å². The van der Waals surface area contributed by atoms with E-state index in [0.717, 1.165) is 6.54 Å². The lowest BCUT2D eigenvalue weighted by molar-refractivity contribution is -0.131. The molecule has 1 unspecified atom stereocenters. The van der Waals surface area contributed by atoms with Crippen molar-refractivity contribution in [3.8, 4) is 0 Å². The molecule has 0 aliphatic carbocycles. The van der Waals surface area contributed by atoms with E-state index in [4.69, 9.17) is 4.74 Å². The molecule has 118 valence electrons. The number of nitrogens with zero attached hydrogens (tertiary/aromatic N) is 1. The number of carbonyl (C=O) groups is 1. The second-order valence-electron chi connectivity index (χ2n) is 5.25. The van der Waals surface area contributed by atoms with Crippen LogP contribution >= 0.6 is 0 Å². The van der Waals surface area contributed by atoms with Crippen molar-refractivity contribution in [2.45, 2.75) is 32.9 Å². The SMILES string of the molecule is CC1CN(C(=O)CNS(=O)(=O)CCOC(C)C)CCN1. The molecule has 7 nitrogen and oxygen atoms in total. The highest BCUT2D eigenvalue weighted by Crippen LogP contribution is 1.99. The third kappa shape index (κ3) is 6.65. The van der Waals surface area contributed by atoms with Crippen molar-refractivity contribution < 1.29 is 17.9 Å². The normalized spacial score (nSPS) is 20.4. The summed E-state index contributed by atoms with van der Waals surface area (Å²) in [5.41, 5.74) is 0. The van der Waals surface area contributed by atoms with Crippen molar-refractivity contribution in [2.75, 3.05) is 38.5 Å². The van der Waals surface area contributed by atoms with Gasteiger partial charge >= 0.3 is 0 Å². The first-order valence-electron chi connectivity index (χ1n) is 6.90. The zero-order valence-corrected chi connectivity index (χ0v) is 13.2. The number of nitrogens with one attached hydrogen (secondary N) is 2. The first-order valence-corrected chi connectivity index (χ1v) is 8.55. The Morgan fingerprint density at radius 3 is 2.80 bits per heavy atom. The van der Waals surface area contributed by atoms with Gasteiger partial charge in [-0.3, -0.25) is 4.79 Å². The number of ether oxygens (including phenoxy) is 1. The first-order chi connectivity index (χ1) is 9.30. The van der Waals surface area contributed by atoms with Gasteiger partial charge in [-0.2, -0.15) is 0 Å². The highest BCUT2D eigenvalue weighted by molar-refractivity contribution is 7.89. The average molecular weight is 307 g/mol. The van der Waals surface area contributed by atoms with E-state index in [1.165, 1.54) is 0 Å². The Morgan fingerprint density at radius 1 is 1.50 bits per heavy atom. The minimum Gasteiger partial charge on any atom is -0.378 e. The van der Waals surface area contributed by atoms with Crippen LogP contribution in [0, 0.1) is 0 Å². The monoisotopic (exact) mass is 307 g/mol. The number of hydrogen-bond donors (Lipinski definition) is 2. The number of piperazine rings is 1. The quantitative estimate of drug-likeness (QED) is 0.640. The summed E-state index contributed by atoms with van der Waals surface area (Å²) < 4.78 is 30.9. The number of rotatable bonds is 7. The number of sulfonamides is 1. The minimum atomic E-state index is -3.46. The van der Waals surface area contributed by atoms with Crippen LogP contribution in [0.5, 0.6) is 0 Å². The number of hydrogen-bond acceptors (Lipinski definition) is 5. The molecule has 1 saturated heterocycles. The standard InChI is InChI=1S/C12H25N3O4S/c1-10(2)19-6-7-20(17,18)14-8-12(16)15-5-4-13-11(3)9-15/h10-11,13-14H,4-9H2,1-3H3. The highest BCUT2D eigenvalue weighted by atomic mass is 32.2. The lowest BCUT2D eigenvalue weighted by Crippen LogP contribution is -2.53. The van der Waals surface area contributed by atoms with Crippen molar-refractivity contribution in [1.82, 2.24) is 14.9 Å². The van der Waals surface area contributed by atoms with E-state index in [1.807, 2.05) is 20.8 Å². The van der Waals surface area contributed by atoms with Crippen molar-refractivity contribution in [3.05, 3.63) is 0 Å². The number of carbonyl (C=O) groups excluding carboxylic acids is 1. The van der Waals surface area contributed by atoms with E-state index in [2.05, 4.69) is 10.0 Å². The molecule has 0 aromatic heterocycles. The van der Waals surface area contributed by atoms with Gasteiger partial charge in [-0.1, -0.05) is 0 Å². The van der Waals surface area contributed by atoms with Crippen molar-refractivity contribution in [1.29, 1.82) is 0 Å². The third-order valence-electron chi connectivity index (χ3n) is 2.97. The molecule has 0 radical (unpaired) electrons. The van der Waals surface area contributed by atoms with Gasteiger partial charge in [-0.15, -0.1) is 0 Å². The lowest BCUT2D eigenvalue weighted by Gasteiger charge is -2.31. The molecule has 1 fully saturated rings. The summed E-state index contributed by atoms with van der Waals surface area (Å²) in [6, 6.07) is 0.240. The maximum absolute atomic E-state index is 11.9. The Kier molecular flexibility index (Phi) is 6.87. The molecule has 1 rings (SSSR count). The molecule has 8 heteroatoms. The van der Waals surface area contributed by atoms with Crippen LogP contribution in [-0.4, -0.2) is 69.9 Å². The van der Waals surface area contributed by atoms with E-state index < -0.39 is 10.0 Å². The lowest BCUT2D eigenvalue weighted by atomic mass is 10.2. The third-order valence-corrected chi connectivity index (χ3v) is 4.26. The van der Waals surface area contributed by atoms with Gasteiger partial charge in [0, 0.05) is 25.7 Å². The maximum Gasteiger partial charge on any atom is 0.237 e. The van der Waals surface area contributed by atoms with E-state index in [1.54, 1.807) is 4.90 Å². The first kappa shape index (κ1) is 17.4. The molecule has 1 atom stereocenters. The van der Waals surface area contributed by atoms with Gasteiger partial charge in [0.1, 0.15) is 0 Å². The van der Waals surface area contributed by atoms with Gasteiger partial charge in [-0.05, 0) is 20.8 Å². The van der Waals surface area contributed by atoms with Gasteiger partial charge in [0.15, 0.2) is 0 Å². The van der Waals surface area contributed by atoms with Crippen LogP contribution in [0.1, 0.15) is 20.8 Å². The topological polar surface area (TPSA) is 87.7 Å². The van der Waals surface area contributed by atoms with Gasteiger partial charge < -0.3 is 15.0 Å². The van der Waals surface area contributed by atoms with E-state index in [-0.39, 0.29) is 37.0 Å². The zero-order chi connectivity index (χ0) is 15.2. The van der Waals surface area contributed by atoms with Crippen LogP contribution in [0.3, 0.4) is 0 Å². The molecule has 0 spiro atoms. The Balaban J connectivity index is 2.32. The van der Waals surface area contributed by atoms with Crippen LogP contribution in [0.4, 0.5) is 0 Å². The summed E-state index contributed by atoms with van der Waals surface area (Å²) in [6.07, 6.45) is -0.00540. The molecule has 0 aromatic rings. The van der Waals surface area contributed by atoms with Gasteiger partial charge in [0.25, 0.3) is 0 Å². The molecule has 20 heavy (non-hydrogen) atoms. The Hall–Kier alpha value is -0.700. The molecule has 1 aliphatic rings. The van der Waals surface area contributed by atoms with Crippen LogP contribution in [-0.2, 0) is 19.6 Å². The summed E-state index contributed by atoms with van der Waals surface area (Å²) in [5.74, 6) is -0.317. The second kappa shape index (κ2) is 7.92. The van der Waals surface area contributed by atoms with E-state index >= 15 is 0 Å². The summed E-state index contributed by atoms with van der Waals surface area (Å²) in [5, 5.41) is 3.23. The summed E-state index contributed by atoms with van der Waals surface area (Å²) in [4.78, 5) is 13.6. The molecule has 1 amide bonds. The van der Waals surface area contributed by atoms with Gasteiger partial charge in [-0.25, -0.2) is 13.1 Å². The number of amides is 1. The Morgan fingerprint density at radius 2 is 2.20 bits per heavy atom. The molecular weight excluding hydrogens is 282 g/mol. The predicted molar refractivity (Wildman–Crippen MR) is 76.9 cm³/mol. The fraction of sp³-hybridized carbons (Fsp3) is 0.917. The molecule has 0 bridgehead atoms. The summed E-state index contributed by atoms with van der Waals surface area (Å²) >= 11 is 0. The maximum atomic E-state index is 11.9. The van der Waals surface area contributed by atoms with E-state index in [9.17, 15) is 13.2 Å². The average Bonchev–Trinajstić information content (AvgIpc) is 2.35. The Labute approximate surface area is 121 Å². The minimum absolute atomic E-state index is 0.00540. The zero-order valence-electron chi connectivity index (χ0n) is 12.4. The van der Waals surface area contributed by atoms with Crippen LogP contribution in [0.15, 0.2) is 0 Å². The molecular formula is C12H25N3O4S. The smallest absolute Gasteiger partial charge is 0.237 e. The van der Waals surface area contributed by atoms with Crippen molar-refractivity contribution in [2.24, 2.45) is 0 Å². The van der Waals surface area contributed by atoms with Gasteiger partial charge in [0.05, 0.1) is 25.0 Å². The van der Waals surface area contributed by atoms with Crippen LogP contribution in [0.2, 0.25) is 0 Å².